The van der Waals surface area contributed by atoms with Crippen LogP contribution in [-0.2, 0) is 4.79 Å². The zero-order chi connectivity index (χ0) is 17.2. The first-order chi connectivity index (χ1) is 12.2. The third kappa shape index (κ3) is 3.11. The minimum Gasteiger partial charge on any atom is -0.338 e. The van der Waals surface area contributed by atoms with Crippen molar-refractivity contribution in [1.82, 2.24) is 9.97 Å². The normalized spacial score (nSPS) is 11.1. The Morgan fingerprint density at radius 3 is 2.48 bits per heavy atom. The molecule has 0 aliphatic heterocycles. The topological polar surface area (TPSA) is 57.8 Å². The first-order valence-electron chi connectivity index (χ1n) is 8.52. The highest BCUT2D eigenvalue weighted by Crippen LogP contribution is 2.25. The summed E-state index contributed by atoms with van der Waals surface area (Å²) in [5, 5.41) is 5.28. The van der Waals surface area contributed by atoms with E-state index in [1.165, 1.54) is 10.8 Å². The van der Waals surface area contributed by atoms with E-state index in [2.05, 4.69) is 34.6 Å². The van der Waals surface area contributed by atoms with Crippen LogP contribution in [0.2, 0.25) is 0 Å². The van der Waals surface area contributed by atoms with Crippen molar-refractivity contribution in [3.05, 3.63) is 60.7 Å². The summed E-state index contributed by atoms with van der Waals surface area (Å²) in [4.78, 5) is 19.8. The molecule has 0 saturated carbocycles. The lowest BCUT2D eigenvalue weighted by molar-refractivity contribution is -0.116. The molecule has 4 aromatic rings. The van der Waals surface area contributed by atoms with Gasteiger partial charge in [0.15, 0.2) is 0 Å². The third-order valence-corrected chi connectivity index (χ3v) is 4.27. The van der Waals surface area contributed by atoms with Gasteiger partial charge in [-0.2, -0.15) is 0 Å². The Hall–Kier alpha value is -3.14. The number of aromatic nitrogens is 2. The summed E-state index contributed by atoms with van der Waals surface area (Å²) in [6.07, 6.45) is 1.39. The molecule has 4 nitrogen and oxygen atoms in total. The fourth-order valence-corrected chi connectivity index (χ4v) is 3.00. The minimum atomic E-state index is 0.0469. The molecule has 4 heteroatoms. The molecule has 0 spiro atoms. The second-order valence-corrected chi connectivity index (χ2v) is 6.18. The van der Waals surface area contributed by atoms with Crippen molar-refractivity contribution in [3.8, 4) is 11.4 Å². The molecule has 124 valence electrons. The van der Waals surface area contributed by atoms with Crippen LogP contribution in [-0.4, -0.2) is 15.9 Å². The van der Waals surface area contributed by atoms with E-state index in [4.69, 9.17) is 4.98 Å². The van der Waals surface area contributed by atoms with Crippen LogP contribution in [0, 0.1) is 0 Å². The number of amides is 1. The summed E-state index contributed by atoms with van der Waals surface area (Å²) in [6.45, 7) is 1.99. The van der Waals surface area contributed by atoms with Crippen molar-refractivity contribution >= 4 is 33.4 Å². The predicted molar refractivity (Wildman–Crippen MR) is 103 cm³/mol. The molecular formula is C21H19N3O. The highest BCUT2D eigenvalue weighted by molar-refractivity contribution is 5.96. The number of carbonyl (C=O) groups is 1. The van der Waals surface area contributed by atoms with Gasteiger partial charge in [0.25, 0.3) is 0 Å². The largest absolute Gasteiger partial charge is 0.338 e. The summed E-state index contributed by atoms with van der Waals surface area (Å²) in [5.41, 5.74) is 3.78. The number of nitrogens with one attached hydrogen (secondary N) is 2. The van der Waals surface area contributed by atoms with Gasteiger partial charge in [-0.05, 0) is 53.6 Å². The van der Waals surface area contributed by atoms with E-state index in [9.17, 15) is 4.79 Å². The van der Waals surface area contributed by atoms with Gasteiger partial charge in [-0.15, -0.1) is 0 Å². The van der Waals surface area contributed by atoms with Crippen LogP contribution < -0.4 is 5.32 Å². The van der Waals surface area contributed by atoms with Crippen LogP contribution in [0.25, 0.3) is 33.2 Å². The monoisotopic (exact) mass is 329 g/mol. The molecule has 1 aromatic heterocycles. The van der Waals surface area contributed by atoms with Crippen LogP contribution in [0.4, 0.5) is 5.69 Å². The number of fused-ring (bicyclic) bond motifs is 2. The van der Waals surface area contributed by atoms with Crippen LogP contribution in [0.1, 0.15) is 19.8 Å². The second-order valence-electron chi connectivity index (χ2n) is 6.18. The number of hydrogen-bond acceptors (Lipinski definition) is 2. The molecule has 4 rings (SSSR count). The molecule has 1 heterocycles. The van der Waals surface area contributed by atoms with Gasteiger partial charge in [-0.3, -0.25) is 4.79 Å². The van der Waals surface area contributed by atoms with Crippen molar-refractivity contribution in [2.24, 2.45) is 0 Å². The van der Waals surface area contributed by atoms with Gasteiger partial charge < -0.3 is 10.3 Å². The quantitative estimate of drug-likeness (QED) is 0.546. The average Bonchev–Trinajstić information content (AvgIpc) is 3.03. The fraction of sp³-hybridized carbons (Fsp3) is 0.143. The SMILES string of the molecule is CCCC(=O)Nc1ccc(-c2nc3cc4ccccc4cc3[nH]2)cc1. The maximum Gasteiger partial charge on any atom is 0.224 e. The molecule has 25 heavy (non-hydrogen) atoms. The molecule has 0 atom stereocenters. The zero-order valence-corrected chi connectivity index (χ0v) is 14.0. The number of nitrogens with zero attached hydrogens (tertiary/aromatic N) is 1. The number of H-pyrrole nitrogens is 1. The number of anilines is 1. The van der Waals surface area contributed by atoms with Gasteiger partial charge in [-0.1, -0.05) is 31.2 Å². The fourth-order valence-electron chi connectivity index (χ4n) is 3.00. The molecule has 1 amide bonds. The lowest BCUT2D eigenvalue weighted by Gasteiger charge is -2.04. The van der Waals surface area contributed by atoms with E-state index in [0.29, 0.717) is 6.42 Å². The van der Waals surface area contributed by atoms with Crippen molar-refractivity contribution < 1.29 is 4.79 Å². The number of rotatable bonds is 4. The molecule has 0 aliphatic rings. The Bertz CT molecular complexity index is 995. The van der Waals surface area contributed by atoms with Crippen LogP contribution in [0.15, 0.2) is 60.7 Å². The van der Waals surface area contributed by atoms with E-state index >= 15 is 0 Å². The van der Waals surface area contributed by atoms with E-state index < -0.39 is 0 Å². The van der Waals surface area contributed by atoms with Crippen molar-refractivity contribution in [2.75, 3.05) is 5.32 Å². The van der Waals surface area contributed by atoms with Gasteiger partial charge >= 0.3 is 0 Å². The van der Waals surface area contributed by atoms with E-state index in [1.54, 1.807) is 0 Å². The summed E-state index contributed by atoms with van der Waals surface area (Å²) < 4.78 is 0. The van der Waals surface area contributed by atoms with Gasteiger partial charge in [-0.25, -0.2) is 4.98 Å². The van der Waals surface area contributed by atoms with Gasteiger partial charge in [0.2, 0.25) is 5.91 Å². The average molecular weight is 329 g/mol. The summed E-state index contributed by atoms with van der Waals surface area (Å²) >= 11 is 0. The van der Waals surface area contributed by atoms with Crippen LogP contribution in [0.5, 0.6) is 0 Å². The second kappa shape index (κ2) is 6.40. The number of imidazole rings is 1. The van der Waals surface area contributed by atoms with Gasteiger partial charge in [0.1, 0.15) is 5.82 Å². The predicted octanol–water partition coefficient (Wildman–Crippen LogP) is 5.12. The Morgan fingerprint density at radius 2 is 1.76 bits per heavy atom. The summed E-state index contributed by atoms with van der Waals surface area (Å²) in [6, 6.07) is 20.3. The standard InChI is InChI=1S/C21H19N3O/c1-2-5-20(25)22-17-10-8-14(9-11-17)21-23-18-12-15-6-3-4-7-16(15)13-19(18)24-21/h3-4,6-13H,2,5H2,1H3,(H,22,25)(H,23,24). The molecule has 0 saturated heterocycles. The molecule has 2 N–H and O–H groups in total. The Labute approximate surface area is 145 Å². The first-order valence-corrected chi connectivity index (χ1v) is 8.52. The van der Waals surface area contributed by atoms with E-state index in [-0.39, 0.29) is 5.91 Å². The maximum atomic E-state index is 11.7. The van der Waals surface area contributed by atoms with E-state index in [0.717, 1.165) is 34.5 Å². The Morgan fingerprint density at radius 1 is 1.04 bits per heavy atom. The summed E-state index contributed by atoms with van der Waals surface area (Å²) in [7, 11) is 0. The highest BCUT2D eigenvalue weighted by Gasteiger charge is 2.07. The number of benzene rings is 3. The lowest BCUT2D eigenvalue weighted by atomic mass is 10.1. The Balaban J connectivity index is 1.64. The van der Waals surface area contributed by atoms with Crippen molar-refractivity contribution in [3.63, 3.8) is 0 Å². The zero-order valence-electron chi connectivity index (χ0n) is 14.0. The molecule has 0 fully saturated rings. The molecular weight excluding hydrogens is 310 g/mol. The van der Waals surface area contributed by atoms with E-state index in [1.807, 2.05) is 43.3 Å². The van der Waals surface area contributed by atoms with Gasteiger partial charge in [0, 0.05) is 17.7 Å². The number of aromatic amines is 1. The van der Waals surface area contributed by atoms with Gasteiger partial charge in [0.05, 0.1) is 11.0 Å². The number of carbonyl (C=O) groups excluding carboxylic acids is 1. The minimum absolute atomic E-state index is 0.0469. The molecule has 0 aliphatic carbocycles. The third-order valence-electron chi connectivity index (χ3n) is 4.27. The Kier molecular flexibility index (Phi) is 3.94. The maximum absolute atomic E-state index is 11.7. The molecule has 0 bridgehead atoms. The lowest BCUT2D eigenvalue weighted by Crippen LogP contribution is -2.10. The smallest absolute Gasteiger partial charge is 0.224 e. The molecule has 3 aromatic carbocycles. The first kappa shape index (κ1) is 15.4. The highest BCUT2D eigenvalue weighted by atomic mass is 16.1. The van der Waals surface area contributed by atoms with Crippen molar-refractivity contribution in [2.45, 2.75) is 19.8 Å². The molecule has 0 radical (unpaired) electrons. The summed E-state index contributed by atoms with van der Waals surface area (Å²) in [5.74, 6) is 0.877. The molecule has 0 unspecified atom stereocenters. The number of hydrogen-bond donors (Lipinski definition) is 2. The van der Waals surface area contributed by atoms with Crippen molar-refractivity contribution in [1.29, 1.82) is 0 Å². The van der Waals surface area contributed by atoms with Crippen LogP contribution in [0.3, 0.4) is 0 Å². The van der Waals surface area contributed by atoms with Crippen LogP contribution >= 0.6 is 0 Å².